The van der Waals surface area contributed by atoms with Crippen molar-refractivity contribution >= 4 is 23.9 Å². The maximum Gasteiger partial charge on any atom is 0.408 e. The van der Waals surface area contributed by atoms with Gasteiger partial charge in [-0.3, -0.25) is 9.59 Å². The Morgan fingerprint density at radius 3 is 2.41 bits per heavy atom. The van der Waals surface area contributed by atoms with Crippen LogP contribution < -0.4 is 10.6 Å². The molecule has 6 atom stereocenters. The Labute approximate surface area is 242 Å². The molecule has 0 spiro atoms. The van der Waals surface area contributed by atoms with Gasteiger partial charge in [0.05, 0.1) is 7.11 Å². The van der Waals surface area contributed by atoms with Gasteiger partial charge in [0.15, 0.2) is 0 Å². The molecule has 1 saturated heterocycles. The normalized spacial score (nSPS) is 26.2. The second-order valence-corrected chi connectivity index (χ2v) is 14.4. The summed E-state index contributed by atoms with van der Waals surface area (Å²) in [5.41, 5.74) is -1.51. The van der Waals surface area contributed by atoms with Crippen LogP contribution in [0.5, 0.6) is 0 Å². The minimum absolute atomic E-state index is 0.0645. The zero-order valence-electron chi connectivity index (χ0n) is 25.8. The minimum Gasteiger partial charge on any atom is -0.467 e. The number of alkyl carbamates (subject to hydrolysis) is 1. The van der Waals surface area contributed by atoms with Gasteiger partial charge in [0.25, 0.3) is 0 Å². The number of carbonyl (C=O) groups excluding carboxylic acids is 4. The molecular formula is C29H46N6O6. The summed E-state index contributed by atoms with van der Waals surface area (Å²) in [5, 5.41) is 13.9. The van der Waals surface area contributed by atoms with Crippen molar-refractivity contribution in [1.82, 2.24) is 30.3 Å². The maximum atomic E-state index is 14.1. The summed E-state index contributed by atoms with van der Waals surface area (Å²) in [5.74, 6) is -0.485. The number of likely N-dealkylation sites (tertiary alicyclic amines) is 1. The highest BCUT2D eigenvalue weighted by Crippen LogP contribution is 2.65. The molecule has 228 valence electrons. The van der Waals surface area contributed by atoms with Crippen molar-refractivity contribution < 1.29 is 28.7 Å². The Kier molecular flexibility index (Phi) is 8.18. The van der Waals surface area contributed by atoms with Crippen molar-refractivity contribution in [3.05, 3.63) is 12.2 Å². The summed E-state index contributed by atoms with van der Waals surface area (Å²) >= 11 is 0. The lowest BCUT2D eigenvalue weighted by Crippen LogP contribution is -2.60. The van der Waals surface area contributed by atoms with E-state index >= 15 is 0 Å². The first kappa shape index (κ1) is 30.8. The van der Waals surface area contributed by atoms with Gasteiger partial charge in [-0.15, -0.1) is 10.2 Å². The molecule has 3 unspecified atom stereocenters. The fraction of sp³-hybridized carbons (Fsp3) is 0.793. The van der Waals surface area contributed by atoms with Crippen molar-refractivity contribution in [2.45, 2.75) is 111 Å². The number of fused-ring (bicyclic) bond motifs is 2. The zero-order chi connectivity index (χ0) is 30.5. The molecule has 0 radical (unpaired) electrons. The number of esters is 1. The number of rotatable bonds is 7. The summed E-state index contributed by atoms with van der Waals surface area (Å²) in [6.07, 6.45) is 3.04. The zero-order valence-corrected chi connectivity index (χ0v) is 25.8. The maximum absolute atomic E-state index is 14.1. The number of nitrogens with one attached hydrogen (secondary N) is 2. The number of aromatic nitrogens is 3. The van der Waals surface area contributed by atoms with Gasteiger partial charge in [0, 0.05) is 19.0 Å². The first-order chi connectivity index (χ1) is 19.0. The van der Waals surface area contributed by atoms with Crippen molar-refractivity contribution in [3.8, 4) is 0 Å². The van der Waals surface area contributed by atoms with Crippen LogP contribution in [0.15, 0.2) is 6.33 Å². The average Bonchev–Trinajstić information content (AvgIpc) is 3.26. The van der Waals surface area contributed by atoms with E-state index in [-0.39, 0.29) is 29.1 Å². The van der Waals surface area contributed by atoms with Crippen LogP contribution in [0.1, 0.15) is 86.4 Å². The summed E-state index contributed by atoms with van der Waals surface area (Å²) in [6, 6.07) is -2.61. The number of carbonyl (C=O) groups is 4. The fourth-order valence-electron chi connectivity index (χ4n) is 6.56. The first-order valence-electron chi connectivity index (χ1n) is 14.5. The average molecular weight is 575 g/mol. The first-order valence-corrected chi connectivity index (χ1v) is 14.5. The highest BCUT2D eigenvalue weighted by molar-refractivity contribution is 5.95. The predicted molar refractivity (Wildman–Crippen MR) is 149 cm³/mol. The monoisotopic (exact) mass is 574 g/mol. The Bertz CT molecular complexity index is 1180. The van der Waals surface area contributed by atoms with Crippen molar-refractivity contribution in [1.29, 1.82) is 0 Å². The second kappa shape index (κ2) is 10.9. The lowest BCUT2D eigenvalue weighted by atomic mass is 9.85. The quantitative estimate of drug-likeness (QED) is 0.473. The lowest BCUT2D eigenvalue weighted by molar-refractivity contribution is -0.148. The van der Waals surface area contributed by atoms with E-state index in [4.69, 9.17) is 9.47 Å². The van der Waals surface area contributed by atoms with Crippen molar-refractivity contribution in [2.24, 2.45) is 22.7 Å². The molecule has 3 heterocycles. The molecular weight excluding hydrogens is 528 g/mol. The third-order valence-electron chi connectivity index (χ3n) is 8.82. The molecule has 41 heavy (non-hydrogen) atoms. The van der Waals surface area contributed by atoms with Crippen molar-refractivity contribution in [3.63, 3.8) is 0 Å². The van der Waals surface area contributed by atoms with Crippen LogP contribution in [0.3, 0.4) is 0 Å². The number of hydrogen-bond donors (Lipinski definition) is 2. The van der Waals surface area contributed by atoms with E-state index in [1.54, 1.807) is 32.0 Å². The molecule has 12 nitrogen and oxygen atoms in total. The molecule has 3 aliphatic rings. The van der Waals surface area contributed by atoms with E-state index in [2.05, 4.69) is 34.7 Å². The lowest BCUT2D eigenvalue weighted by Gasteiger charge is -2.38. The minimum atomic E-state index is -0.918. The van der Waals surface area contributed by atoms with Crippen LogP contribution in [0.4, 0.5) is 4.79 Å². The largest absolute Gasteiger partial charge is 0.467 e. The SMILES string of the molecule is COC(=O)C(CC1CCCn2cnnc21)NC(=O)[C@@H]1[C@@H]2[C@H](CN1C(=O)C(NC(=O)OC(C)(C)C)C(C)(C)C)C2(C)C. The van der Waals surface area contributed by atoms with Crippen LogP contribution >= 0.6 is 0 Å². The van der Waals surface area contributed by atoms with Crippen LogP contribution in [0.25, 0.3) is 0 Å². The molecule has 1 aliphatic carbocycles. The summed E-state index contributed by atoms with van der Waals surface area (Å²) in [7, 11) is 1.30. The van der Waals surface area contributed by atoms with E-state index < -0.39 is 47.1 Å². The number of piperidine rings is 1. The number of methoxy groups -OCH3 is 1. The topological polar surface area (TPSA) is 145 Å². The number of nitrogens with zero attached hydrogens (tertiary/aromatic N) is 4. The van der Waals surface area contributed by atoms with Gasteiger partial charge < -0.3 is 29.6 Å². The molecule has 1 aromatic heterocycles. The van der Waals surface area contributed by atoms with Gasteiger partial charge in [-0.25, -0.2) is 9.59 Å². The third-order valence-corrected chi connectivity index (χ3v) is 8.82. The molecule has 4 rings (SSSR count). The van der Waals surface area contributed by atoms with Crippen LogP contribution in [0, 0.1) is 22.7 Å². The number of aryl methyl sites for hydroxylation is 1. The highest BCUT2D eigenvalue weighted by Gasteiger charge is 2.70. The van der Waals surface area contributed by atoms with E-state index in [0.717, 1.165) is 25.2 Å². The molecule has 1 saturated carbocycles. The van der Waals surface area contributed by atoms with E-state index in [1.807, 2.05) is 25.3 Å². The van der Waals surface area contributed by atoms with Gasteiger partial charge in [0.2, 0.25) is 11.8 Å². The summed E-state index contributed by atoms with van der Waals surface area (Å²) in [6.45, 7) is 16.2. The van der Waals surface area contributed by atoms with Crippen LogP contribution in [-0.4, -0.2) is 80.9 Å². The van der Waals surface area contributed by atoms with E-state index in [9.17, 15) is 19.2 Å². The molecule has 3 amide bonds. The fourth-order valence-corrected chi connectivity index (χ4v) is 6.56. The number of amides is 3. The Hall–Kier alpha value is -3.18. The molecule has 1 aromatic rings. The van der Waals surface area contributed by atoms with Gasteiger partial charge in [-0.1, -0.05) is 34.6 Å². The molecule has 0 bridgehead atoms. The second-order valence-electron chi connectivity index (χ2n) is 14.4. The molecule has 0 aromatic carbocycles. The van der Waals surface area contributed by atoms with Crippen LogP contribution in [-0.2, 0) is 30.4 Å². The van der Waals surface area contributed by atoms with E-state index in [1.165, 1.54) is 7.11 Å². The third kappa shape index (κ3) is 6.35. The Balaban J connectivity index is 1.55. The number of hydrogen-bond acceptors (Lipinski definition) is 8. The molecule has 2 aliphatic heterocycles. The van der Waals surface area contributed by atoms with Gasteiger partial charge in [0.1, 0.15) is 35.9 Å². The van der Waals surface area contributed by atoms with Gasteiger partial charge in [-0.05, 0) is 62.7 Å². The predicted octanol–water partition coefficient (Wildman–Crippen LogP) is 2.63. The Morgan fingerprint density at radius 2 is 1.80 bits per heavy atom. The number of ether oxygens (including phenoxy) is 2. The Morgan fingerprint density at radius 1 is 1.12 bits per heavy atom. The van der Waals surface area contributed by atoms with E-state index in [0.29, 0.717) is 13.0 Å². The smallest absolute Gasteiger partial charge is 0.408 e. The highest BCUT2D eigenvalue weighted by atomic mass is 16.6. The molecule has 2 N–H and O–H groups in total. The summed E-state index contributed by atoms with van der Waals surface area (Å²) in [4.78, 5) is 55.2. The van der Waals surface area contributed by atoms with Crippen LogP contribution in [0.2, 0.25) is 0 Å². The summed E-state index contributed by atoms with van der Waals surface area (Å²) < 4.78 is 12.5. The van der Waals surface area contributed by atoms with Gasteiger partial charge in [-0.2, -0.15) is 0 Å². The molecule has 12 heteroatoms. The standard InChI is InChI=1S/C29H46N6O6/c1-27(2,3)21(32-26(39)41-28(4,5)6)24(37)35-14-17-19(29(17,7)8)20(35)23(36)31-18(25(38)40-9)13-16-11-10-12-34-15-30-33-22(16)34/h15-21H,10-14H2,1-9H3,(H,31,36)(H,32,39)/t16?,17-,18?,19-,20-,21?/m0/s1. The van der Waals surface area contributed by atoms with Gasteiger partial charge >= 0.3 is 12.1 Å². The van der Waals surface area contributed by atoms with Crippen molar-refractivity contribution in [2.75, 3.05) is 13.7 Å². The molecule has 2 fully saturated rings.